The molecule has 156 valence electrons. The molecule has 0 saturated heterocycles. The van der Waals surface area contributed by atoms with E-state index in [4.69, 9.17) is 4.42 Å². The normalized spacial score (nSPS) is 11.8. The molecule has 0 aliphatic rings. The summed E-state index contributed by atoms with van der Waals surface area (Å²) in [5.41, 5.74) is 8.98. The van der Waals surface area contributed by atoms with E-state index in [9.17, 15) is 0 Å². The van der Waals surface area contributed by atoms with Crippen LogP contribution < -0.4 is 0 Å². The molecule has 0 radical (unpaired) electrons. The summed E-state index contributed by atoms with van der Waals surface area (Å²) in [4.78, 5) is 0. The van der Waals surface area contributed by atoms with Crippen LogP contribution in [0.25, 0.3) is 60.6 Å². The highest BCUT2D eigenvalue weighted by molar-refractivity contribution is 6.10. The average Bonchev–Trinajstić information content (AvgIpc) is 3.39. The number of hydrogen-bond acceptors (Lipinski definition) is 1. The molecule has 0 saturated carbocycles. The van der Waals surface area contributed by atoms with E-state index in [0.29, 0.717) is 0 Å². The van der Waals surface area contributed by atoms with E-state index in [-0.39, 0.29) is 0 Å². The maximum atomic E-state index is 6.39. The second-order valence-electron chi connectivity index (χ2n) is 8.73. The molecule has 0 N–H and O–H groups in total. The molecule has 33 heavy (non-hydrogen) atoms. The topological polar surface area (TPSA) is 18.1 Å². The van der Waals surface area contributed by atoms with Gasteiger partial charge in [-0.1, -0.05) is 72.3 Å². The highest BCUT2D eigenvalue weighted by atomic mass is 16.3. The number of aromatic nitrogens is 1. The molecular formula is C31H21NO. The summed E-state index contributed by atoms with van der Waals surface area (Å²) >= 11 is 0. The van der Waals surface area contributed by atoms with Gasteiger partial charge in [0.15, 0.2) is 0 Å². The maximum absolute atomic E-state index is 6.39. The number of aryl methyl sites for hydroxylation is 1. The van der Waals surface area contributed by atoms with Crippen LogP contribution in [0.3, 0.4) is 0 Å². The Morgan fingerprint density at radius 1 is 0.515 bits per heavy atom. The Hall–Kier alpha value is -4.30. The molecule has 0 atom stereocenters. The first-order chi connectivity index (χ1) is 16.3. The zero-order valence-electron chi connectivity index (χ0n) is 18.2. The predicted octanol–water partition coefficient (Wildman–Crippen LogP) is 8.66. The van der Waals surface area contributed by atoms with Gasteiger partial charge in [0.25, 0.3) is 0 Å². The molecule has 7 rings (SSSR count). The average molecular weight is 424 g/mol. The highest BCUT2D eigenvalue weighted by Gasteiger charge is 2.14. The van der Waals surface area contributed by atoms with Gasteiger partial charge in [-0.25, -0.2) is 0 Å². The summed E-state index contributed by atoms with van der Waals surface area (Å²) < 4.78 is 8.72. The SMILES string of the molecule is Cc1ccc(-c2ccc3c(c2)oc2cc(-n4c5ccccc5c5ccccc54)ccc23)cc1. The first-order valence-corrected chi connectivity index (χ1v) is 11.3. The van der Waals surface area contributed by atoms with Crippen LogP contribution in [0.5, 0.6) is 0 Å². The number of nitrogens with zero attached hydrogens (tertiary/aromatic N) is 1. The van der Waals surface area contributed by atoms with Gasteiger partial charge < -0.3 is 8.98 Å². The van der Waals surface area contributed by atoms with Gasteiger partial charge in [0.1, 0.15) is 11.2 Å². The van der Waals surface area contributed by atoms with E-state index in [2.05, 4.69) is 121 Å². The quantitative estimate of drug-likeness (QED) is 0.272. The van der Waals surface area contributed by atoms with E-state index in [0.717, 1.165) is 27.6 Å². The van der Waals surface area contributed by atoms with Crippen molar-refractivity contribution in [3.8, 4) is 16.8 Å². The monoisotopic (exact) mass is 423 g/mol. The molecule has 0 aliphatic heterocycles. The summed E-state index contributed by atoms with van der Waals surface area (Å²) in [6, 6.07) is 38.9. The van der Waals surface area contributed by atoms with Crippen LogP contribution in [0.15, 0.2) is 114 Å². The smallest absolute Gasteiger partial charge is 0.137 e. The fraction of sp³-hybridized carbons (Fsp3) is 0.0323. The Labute approximate surface area is 191 Å². The summed E-state index contributed by atoms with van der Waals surface area (Å²) in [5.74, 6) is 0. The Bertz CT molecular complexity index is 1760. The van der Waals surface area contributed by atoms with Crippen molar-refractivity contribution in [2.45, 2.75) is 6.92 Å². The lowest BCUT2D eigenvalue weighted by molar-refractivity contribution is 0.669. The zero-order valence-corrected chi connectivity index (χ0v) is 18.2. The van der Waals surface area contributed by atoms with Crippen molar-refractivity contribution in [3.63, 3.8) is 0 Å². The predicted molar refractivity (Wildman–Crippen MR) is 138 cm³/mol. The lowest BCUT2D eigenvalue weighted by atomic mass is 10.0. The molecule has 2 aromatic heterocycles. The van der Waals surface area contributed by atoms with Crippen molar-refractivity contribution in [1.29, 1.82) is 0 Å². The number of para-hydroxylation sites is 2. The molecule has 5 aromatic carbocycles. The number of hydrogen-bond donors (Lipinski definition) is 0. The van der Waals surface area contributed by atoms with Crippen molar-refractivity contribution in [2.24, 2.45) is 0 Å². The van der Waals surface area contributed by atoms with E-state index in [1.54, 1.807) is 0 Å². The van der Waals surface area contributed by atoms with Crippen LogP contribution >= 0.6 is 0 Å². The van der Waals surface area contributed by atoms with E-state index in [1.165, 1.54) is 38.5 Å². The van der Waals surface area contributed by atoms with Gasteiger partial charge in [-0.3, -0.25) is 0 Å². The van der Waals surface area contributed by atoms with Gasteiger partial charge in [0.2, 0.25) is 0 Å². The molecule has 7 aromatic rings. The highest BCUT2D eigenvalue weighted by Crippen LogP contribution is 2.36. The maximum Gasteiger partial charge on any atom is 0.137 e. The van der Waals surface area contributed by atoms with Crippen LogP contribution in [0.2, 0.25) is 0 Å². The van der Waals surface area contributed by atoms with Gasteiger partial charge in [-0.15, -0.1) is 0 Å². The lowest BCUT2D eigenvalue weighted by Crippen LogP contribution is -1.93. The van der Waals surface area contributed by atoms with Gasteiger partial charge >= 0.3 is 0 Å². The minimum Gasteiger partial charge on any atom is -0.456 e. The van der Waals surface area contributed by atoms with Crippen LogP contribution in [-0.2, 0) is 0 Å². The summed E-state index contributed by atoms with van der Waals surface area (Å²) in [6.45, 7) is 2.11. The van der Waals surface area contributed by atoms with Crippen molar-refractivity contribution >= 4 is 43.7 Å². The molecule has 0 unspecified atom stereocenters. The Morgan fingerprint density at radius 2 is 1.09 bits per heavy atom. The molecule has 2 nitrogen and oxygen atoms in total. The lowest BCUT2D eigenvalue weighted by Gasteiger charge is -2.07. The number of fused-ring (bicyclic) bond motifs is 6. The molecule has 0 bridgehead atoms. The van der Waals surface area contributed by atoms with Crippen LogP contribution in [-0.4, -0.2) is 4.57 Å². The fourth-order valence-electron chi connectivity index (χ4n) is 5.03. The summed E-state index contributed by atoms with van der Waals surface area (Å²) in [7, 11) is 0. The Kier molecular flexibility index (Phi) is 3.80. The van der Waals surface area contributed by atoms with E-state index < -0.39 is 0 Å². The van der Waals surface area contributed by atoms with Crippen molar-refractivity contribution in [1.82, 2.24) is 4.57 Å². The van der Waals surface area contributed by atoms with Gasteiger partial charge in [-0.05, 0) is 54.4 Å². The minimum atomic E-state index is 0.908. The Morgan fingerprint density at radius 3 is 1.79 bits per heavy atom. The summed E-state index contributed by atoms with van der Waals surface area (Å²) in [5, 5.41) is 4.82. The van der Waals surface area contributed by atoms with E-state index in [1.807, 2.05) is 0 Å². The number of rotatable bonds is 2. The number of furan rings is 1. The second kappa shape index (κ2) is 6.85. The second-order valence-corrected chi connectivity index (χ2v) is 8.73. The first kappa shape index (κ1) is 18.3. The third-order valence-corrected chi connectivity index (χ3v) is 6.68. The van der Waals surface area contributed by atoms with Crippen molar-refractivity contribution in [3.05, 3.63) is 115 Å². The van der Waals surface area contributed by atoms with Crippen LogP contribution in [0.1, 0.15) is 5.56 Å². The molecule has 0 amide bonds. The first-order valence-electron chi connectivity index (χ1n) is 11.3. The molecule has 0 spiro atoms. The minimum absolute atomic E-state index is 0.908. The summed E-state index contributed by atoms with van der Waals surface area (Å²) in [6.07, 6.45) is 0. The molecule has 2 heterocycles. The molecule has 0 aliphatic carbocycles. The Balaban J connectivity index is 1.44. The third kappa shape index (κ3) is 2.74. The van der Waals surface area contributed by atoms with Crippen LogP contribution in [0, 0.1) is 6.92 Å². The number of benzene rings is 5. The largest absolute Gasteiger partial charge is 0.456 e. The zero-order chi connectivity index (χ0) is 21.9. The molecule has 0 fully saturated rings. The van der Waals surface area contributed by atoms with Gasteiger partial charge in [-0.2, -0.15) is 0 Å². The van der Waals surface area contributed by atoms with Crippen molar-refractivity contribution < 1.29 is 4.42 Å². The third-order valence-electron chi connectivity index (χ3n) is 6.68. The standard InChI is InChI=1S/C31H21NO/c1-20-10-12-21(13-11-20)22-14-16-26-27-17-15-23(19-31(27)33-30(26)18-22)32-28-8-4-2-6-24(28)25-7-3-5-9-29(25)32/h2-19H,1H3. The van der Waals surface area contributed by atoms with Gasteiger partial charge in [0, 0.05) is 33.3 Å². The van der Waals surface area contributed by atoms with Crippen LogP contribution in [0.4, 0.5) is 0 Å². The fourth-order valence-corrected chi connectivity index (χ4v) is 5.03. The molecule has 2 heteroatoms. The van der Waals surface area contributed by atoms with Gasteiger partial charge in [0.05, 0.1) is 11.0 Å². The molecular weight excluding hydrogens is 402 g/mol. The van der Waals surface area contributed by atoms with E-state index >= 15 is 0 Å². The van der Waals surface area contributed by atoms with Crippen molar-refractivity contribution in [2.75, 3.05) is 0 Å².